The van der Waals surface area contributed by atoms with Gasteiger partial charge in [0.25, 0.3) is 0 Å². The number of hydrogen-bond acceptors (Lipinski definition) is 5. The molecule has 0 heterocycles. The predicted molar refractivity (Wildman–Crippen MR) is 80.4 cm³/mol. The van der Waals surface area contributed by atoms with Crippen molar-refractivity contribution in [2.45, 2.75) is 59.5 Å². The Morgan fingerprint density at radius 1 is 1.25 bits per heavy atom. The highest BCUT2D eigenvalue weighted by molar-refractivity contribution is 7.48. The number of phosphoric ester groups is 1. The van der Waals surface area contributed by atoms with Crippen LogP contribution < -0.4 is 0 Å². The third-order valence-electron chi connectivity index (χ3n) is 2.62. The van der Waals surface area contributed by atoms with E-state index in [0.29, 0.717) is 0 Å². The molecule has 6 heteroatoms. The van der Waals surface area contributed by atoms with Gasteiger partial charge < -0.3 is 9.63 Å². The first-order valence-corrected chi connectivity index (χ1v) is 8.65. The molecule has 120 valence electrons. The zero-order valence-corrected chi connectivity index (χ0v) is 14.2. The average molecular weight is 308 g/mol. The largest absolute Gasteiger partial charge is 0.529 e. The molecule has 0 fully saturated rings. The van der Waals surface area contributed by atoms with Crippen LogP contribution in [0.1, 0.15) is 53.9 Å². The summed E-state index contributed by atoms with van der Waals surface area (Å²) in [5.41, 5.74) is -0.625. The molecule has 0 bridgehead atoms. The van der Waals surface area contributed by atoms with E-state index in [1.807, 2.05) is 13.0 Å². The highest BCUT2D eigenvalue weighted by Crippen LogP contribution is 2.49. The van der Waals surface area contributed by atoms with E-state index in [9.17, 15) is 9.67 Å². The molecule has 0 rings (SSSR count). The summed E-state index contributed by atoms with van der Waals surface area (Å²) in [4.78, 5) is 0. The van der Waals surface area contributed by atoms with Gasteiger partial charge in [-0.3, -0.25) is 9.05 Å². The number of rotatable bonds is 11. The Bertz CT molecular complexity index is 312. The fourth-order valence-electron chi connectivity index (χ4n) is 1.61. The van der Waals surface area contributed by atoms with Crippen LogP contribution in [0, 0.1) is 5.92 Å². The molecule has 0 radical (unpaired) electrons. The van der Waals surface area contributed by atoms with Crippen molar-refractivity contribution in [2.24, 2.45) is 5.92 Å². The van der Waals surface area contributed by atoms with Gasteiger partial charge in [0.05, 0.1) is 25.1 Å². The summed E-state index contributed by atoms with van der Waals surface area (Å²) in [5, 5.41) is 9.62. The molecule has 0 aliphatic carbocycles. The molecule has 1 atom stereocenters. The number of aliphatic hydroxyl groups is 1. The molecular formula is C14H29O5P. The second-order valence-corrected chi connectivity index (χ2v) is 7.02. The van der Waals surface area contributed by atoms with Crippen LogP contribution >= 0.6 is 7.82 Å². The molecule has 0 saturated carbocycles. The summed E-state index contributed by atoms with van der Waals surface area (Å²) >= 11 is 0. The van der Waals surface area contributed by atoms with E-state index in [2.05, 4.69) is 0 Å². The first-order valence-electron chi connectivity index (χ1n) is 7.19. The minimum Gasteiger partial charge on any atom is -0.412 e. The maximum absolute atomic E-state index is 12.0. The quantitative estimate of drug-likeness (QED) is 0.456. The number of hydrogen-bond donors (Lipinski definition) is 1. The molecule has 0 aliphatic rings. The molecule has 0 aliphatic heterocycles. The Labute approximate surface area is 122 Å². The molecule has 0 spiro atoms. The lowest BCUT2D eigenvalue weighted by Gasteiger charge is -2.17. The molecule has 0 saturated heterocycles. The van der Waals surface area contributed by atoms with E-state index in [4.69, 9.17) is 13.6 Å². The molecule has 0 aromatic rings. The van der Waals surface area contributed by atoms with Gasteiger partial charge in [0.2, 0.25) is 0 Å². The Hall–Kier alpha value is -0.350. The van der Waals surface area contributed by atoms with E-state index in [-0.39, 0.29) is 19.1 Å². The average Bonchev–Trinajstić information content (AvgIpc) is 2.27. The van der Waals surface area contributed by atoms with E-state index < -0.39 is 13.4 Å². The van der Waals surface area contributed by atoms with E-state index in [1.165, 1.54) is 6.26 Å². The zero-order chi connectivity index (χ0) is 15.6. The summed E-state index contributed by atoms with van der Waals surface area (Å²) in [6.45, 7) is 9.65. The summed E-state index contributed by atoms with van der Waals surface area (Å²) in [5.74, 6) is 0.272. The van der Waals surface area contributed by atoms with Crippen molar-refractivity contribution >= 4 is 7.82 Å². The molecular weight excluding hydrogens is 279 g/mol. The second kappa shape index (κ2) is 9.56. The maximum Gasteiger partial charge on any atom is 0.529 e. The van der Waals surface area contributed by atoms with Gasteiger partial charge in [-0.25, -0.2) is 4.57 Å². The highest BCUT2D eigenvalue weighted by atomic mass is 31.2. The molecule has 20 heavy (non-hydrogen) atoms. The lowest BCUT2D eigenvalue weighted by atomic mass is 9.97. The normalized spacial score (nSPS) is 14.7. The van der Waals surface area contributed by atoms with Crippen molar-refractivity contribution in [1.82, 2.24) is 0 Å². The van der Waals surface area contributed by atoms with Gasteiger partial charge in [0, 0.05) is 0 Å². The highest BCUT2D eigenvalue weighted by Gasteiger charge is 2.25. The van der Waals surface area contributed by atoms with E-state index >= 15 is 0 Å². The van der Waals surface area contributed by atoms with Crippen LogP contribution in [0.3, 0.4) is 0 Å². The number of phosphoric acid groups is 1. The monoisotopic (exact) mass is 308 g/mol. The van der Waals surface area contributed by atoms with Crippen LogP contribution in [0.15, 0.2) is 12.3 Å². The van der Waals surface area contributed by atoms with Gasteiger partial charge in [0.15, 0.2) is 0 Å². The Kier molecular flexibility index (Phi) is 9.39. The van der Waals surface area contributed by atoms with Crippen LogP contribution in [0.25, 0.3) is 0 Å². The third-order valence-corrected chi connectivity index (χ3v) is 4.15. The van der Waals surface area contributed by atoms with Crippen molar-refractivity contribution in [3.05, 3.63) is 12.3 Å². The SMILES string of the molecule is CCOP(=O)(O/C=C/C(C)CCCC(C)(C)O)OCC. The topological polar surface area (TPSA) is 65.0 Å². The lowest BCUT2D eigenvalue weighted by molar-refractivity contribution is 0.0675. The van der Waals surface area contributed by atoms with Crippen LogP contribution in [0.5, 0.6) is 0 Å². The third kappa shape index (κ3) is 10.4. The molecule has 1 N–H and O–H groups in total. The maximum atomic E-state index is 12.0. The fraction of sp³-hybridized carbons (Fsp3) is 0.857. The van der Waals surface area contributed by atoms with Crippen LogP contribution in [0.4, 0.5) is 0 Å². The standard InChI is InChI=1S/C14H29O5P/c1-6-17-20(16,18-7-2)19-12-10-13(3)9-8-11-14(4,5)15/h10,12-13,15H,6-9,11H2,1-5H3/b12-10+. The minimum atomic E-state index is -3.45. The van der Waals surface area contributed by atoms with Gasteiger partial charge in [-0.2, -0.15) is 0 Å². The van der Waals surface area contributed by atoms with Crippen LogP contribution in [0.2, 0.25) is 0 Å². The minimum absolute atomic E-state index is 0.270. The van der Waals surface area contributed by atoms with Gasteiger partial charge in [0.1, 0.15) is 0 Å². The smallest absolute Gasteiger partial charge is 0.412 e. The molecule has 0 aromatic carbocycles. The Morgan fingerprint density at radius 3 is 2.25 bits per heavy atom. The van der Waals surface area contributed by atoms with Crippen molar-refractivity contribution < 1.29 is 23.2 Å². The van der Waals surface area contributed by atoms with Gasteiger partial charge in [-0.05, 0) is 52.5 Å². The molecule has 1 unspecified atom stereocenters. The first-order chi connectivity index (χ1) is 9.22. The predicted octanol–water partition coefficient (Wildman–Crippen LogP) is 4.28. The molecule has 5 nitrogen and oxygen atoms in total. The van der Waals surface area contributed by atoms with Crippen molar-refractivity contribution in [1.29, 1.82) is 0 Å². The number of allylic oxidation sites excluding steroid dienone is 1. The Balaban J connectivity index is 4.11. The Morgan fingerprint density at radius 2 is 1.80 bits per heavy atom. The van der Waals surface area contributed by atoms with E-state index in [1.54, 1.807) is 27.7 Å². The summed E-state index contributed by atoms with van der Waals surface area (Å²) in [6.07, 6.45) is 5.82. The first kappa shape index (κ1) is 19.7. The van der Waals surface area contributed by atoms with Gasteiger partial charge >= 0.3 is 7.82 Å². The molecule has 0 amide bonds. The van der Waals surface area contributed by atoms with Gasteiger partial charge in [-0.1, -0.05) is 13.3 Å². The van der Waals surface area contributed by atoms with Gasteiger partial charge in [-0.15, -0.1) is 0 Å². The lowest BCUT2D eigenvalue weighted by Crippen LogP contribution is -2.18. The van der Waals surface area contributed by atoms with E-state index in [0.717, 1.165) is 19.3 Å². The zero-order valence-electron chi connectivity index (χ0n) is 13.3. The molecule has 0 aromatic heterocycles. The summed E-state index contributed by atoms with van der Waals surface area (Å²) in [7, 11) is -3.45. The summed E-state index contributed by atoms with van der Waals surface area (Å²) in [6, 6.07) is 0. The van der Waals surface area contributed by atoms with Crippen molar-refractivity contribution in [3.63, 3.8) is 0 Å². The summed E-state index contributed by atoms with van der Waals surface area (Å²) < 4.78 is 27.1. The second-order valence-electron chi connectivity index (χ2n) is 5.40. The van der Waals surface area contributed by atoms with Crippen LogP contribution in [-0.2, 0) is 18.1 Å². The van der Waals surface area contributed by atoms with Crippen molar-refractivity contribution in [3.8, 4) is 0 Å². The van der Waals surface area contributed by atoms with Crippen molar-refractivity contribution in [2.75, 3.05) is 13.2 Å². The van der Waals surface area contributed by atoms with Crippen LogP contribution in [-0.4, -0.2) is 23.9 Å². The fourth-order valence-corrected chi connectivity index (χ4v) is 2.66.